The van der Waals surface area contributed by atoms with E-state index in [0.717, 1.165) is 117 Å². The van der Waals surface area contributed by atoms with Gasteiger partial charge in [0.15, 0.2) is 12.1 Å². The Balaban J connectivity index is 1.37. The quantitative estimate of drug-likeness (QED) is 0.0332. The fourth-order valence-corrected chi connectivity index (χ4v) is 18.6. The minimum Gasteiger partial charge on any atom is -0.461 e. The first kappa shape index (κ1) is 59.9. The van der Waals surface area contributed by atoms with Crippen LogP contribution >= 0.6 is 68.0 Å². The first-order valence-electron chi connectivity index (χ1n) is 28.3. The van der Waals surface area contributed by atoms with E-state index in [1.54, 1.807) is 34.0 Å². The van der Waals surface area contributed by atoms with Gasteiger partial charge in [-0.3, -0.25) is 4.79 Å². The molecule has 0 fully saturated rings. The molecule has 0 amide bonds. The number of ketones is 1. The van der Waals surface area contributed by atoms with Crippen LogP contribution in [0.25, 0.3) is 50.5 Å². The molecule has 7 aromatic rings. The molecule has 4 atom stereocenters. The molecule has 0 saturated carbocycles. The number of ether oxygens (including phenoxy) is 2. The van der Waals surface area contributed by atoms with Crippen molar-refractivity contribution in [1.29, 1.82) is 0 Å². The van der Waals surface area contributed by atoms with E-state index in [9.17, 15) is 14.7 Å². The molecule has 0 aliphatic heterocycles. The van der Waals surface area contributed by atoms with E-state index in [2.05, 4.69) is 153 Å². The van der Waals surface area contributed by atoms with Crippen molar-refractivity contribution in [2.75, 3.05) is 13.2 Å². The Bertz CT molecular complexity index is 3040. The van der Waals surface area contributed by atoms with E-state index in [0.29, 0.717) is 35.7 Å². The molecule has 6 heterocycles. The van der Waals surface area contributed by atoms with Gasteiger partial charge in [-0.2, -0.15) is 0 Å². The molecular formula is C64H88O5S6. The van der Waals surface area contributed by atoms with Crippen molar-refractivity contribution in [3.05, 3.63) is 77.3 Å². The zero-order valence-corrected chi connectivity index (χ0v) is 53.2. The Hall–Kier alpha value is -2.74. The summed E-state index contributed by atoms with van der Waals surface area (Å²) in [4.78, 5) is 38.5. The van der Waals surface area contributed by atoms with Crippen molar-refractivity contribution in [3.63, 3.8) is 0 Å². The van der Waals surface area contributed by atoms with Gasteiger partial charge in [-0.05, 0) is 102 Å². The Labute approximate surface area is 474 Å². The highest BCUT2D eigenvalue weighted by Crippen LogP contribution is 2.57. The van der Waals surface area contributed by atoms with Crippen LogP contribution in [0.5, 0.6) is 0 Å². The minimum atomic E-state index is -1.04. The van der Waals surface area contributed by atoms with Crippen LogP contribution in [0.3, 0.4) is 0 Å². The first-order valence-corrected chi connectivity index (χ1v) is 33.2. The summed E-state index contributed by atoms with van der Waals surface area (Å²) in [5.41, 5.74) is 1.34. The standard InChI is InChI=1S/C64H88O5S6/c1-17-23-26-38(20-4)36-68-59(66)47-33-41-51(55-42(52(56(41)74-47)62(10,11)12)34-48(73-55)60(67)69-37-39(21-5)27-24-18-2)44-29-32-50(70-44)63(13,14)64(15,16)58-57-43(35-46(72-57)53(65)40(22-6)28-25-19-3)54(75-58)45-30-31-49(71-45)61(7,8)9/h29-35,38-40,60,67H,17-28,36-37H2,1-16H3. The van der Waals surface area contributed by atoms with Crippen LogP contribution in [-0.2, 0) is 31.1 Å². The van der Waals surface area contributed by atoms with Gasteiger partial charge in [0.1, 0.15) is 4.88 Å². The van der Waals surface area contributed by atoms with Gasteiger partial charge in [-0.25, -0.2) is 4.79 Å². The van der Waals surface area contributed by atoms with Crippen LogP contribution in [0, 0.1) is 17.8 Å². The lowest BCUT2D eigenvalue weighted by atomic mass is 9.66. The second kappa shape index (κ2) is 24.7. The average molecular weight is 1130 g/mol. The lowest BCUT2D eigenvalue weighted by molar-refractivity contribution is -0.112. The van der Waals surface area contributed by atoms with Gasteiger partial charge in [0.05, 0.1) is 32.5 Å². The Morgan fingerprint density at radius 1 is 0.560 bits per heavy atom. The highest BCUT2D eigenvalue weighted by atomic mass is 32.1. The smallest absolute Gasteiger partial charge is 0.348 e. The second-order valence-electron chi connectivity index (χ2n) is 24.4. The number of fused-ring (bicyclic) bond motifs is 3. The van der Waals surface area contributed by atoms with E-state index in [-0.39, 0.29) is 33.5 Å². The number of aliphatic hydroxyl groups is 1. The monoisotopic (exact) mass is 1130 g/mol. The predicted octanol–water partition coefficient (Wildman–Crippen LogP) is 21.7. The van der Waals surface area contributed by atoms with E-state index < -0.39 is 6.29 Å². The van der Waals surface area contributed by atoms with Crippen molar-refractivity contribution in [1.82, 2.24) is 0 Å². The van der Waals surface area contributed by atoms with Crippen molar-refractivity contribution in [2.45, 2.75) is 216 Å². The Kier molecular flexibility index (Phi) is 19.8. The minimum absolute atomic E-state index is 0.0370. The predicted molar refractivity (Wildman–Crippen MR) is 332 cm³/mol. The Morgan fingerprint density at radius 2 is 1.15 bits per heavy atom. The van der Waals surface area contributed by atoms with Crippen LogP contribution in [0.1, 0.15) is 239 Å². The van der Waals surface area contributed by atoms with Gasteiger partial charge < -0.3 is 14.6 Å². The highest BCUT2D eigenvalue weighted by Gasteiger charge is 2.44. The average Bonchev–Trinajstić information content (AvgIpc) is 4.23. The largest absolute Gasteiger partial charge is 0.461 e. The second-order valence-corrected chi connectivity index (χ2v) is 30.8. The van der Waals surface area contributed by atoms with Crippen molar-refractivity contribution in [2.24, 2.45) is 17.8 Å². The van der Waals surface area contributed by atoms with Gasteiger partial charge in [0.25, 0.3) is 0 Å². The van der Waals surface area contributed by atoms with Crippen molar-refractivity contribution >= 4 is 110 Å². The molecule has 0 bridgehead atoms. The van der Waals surface area contributed by atoms with Gasteiger partial charge in [-0.1, -0.05) is 162 Å². The number of carbonyl (C=O) groups excluding carboxylic acids is 2. The summed E-state index contributed by atoms with van der Waals surface area (Å²) in [7, 11) is 0. The number of Topliss-reactive ketones (excluding diaryl/α,β-unsaturated/α-hetero) is 1. The zero-order valence-electron chi connectivity index (χ0n) is 48.3. The first-order chi connectivity index (χ1) is 35.4. The van der Waals surface area contributed by atoms with Crippen LogP contribution < -0.4 is 0 Å². The molecule has 0 aliphatic rings. The van der Waals surface area contributed by atoms with Crippen molar-refractivity contribution < 1.29 is 24.2 Å². The summed E-state index contributed by atoms with van der Waals surface area (Å²) in [5, 5.41) is 15.2. The fourth-order valence-electron chi connectivity index (χ4n) is 10.5. The third-order valence-electron chi connectivity index (χ3n) is 16.3. The van der Waals surface area contributed by atoms with E-state index in [4.69, 9.17) is 9.47 Å². The van der Waals surface area contributed by atoms with Crippen LogP contribution in [0.15, 0.2) is 42.5 Å². The maximum absolute atomic E-state index is 14.4. The molecule has 5 nitrogen and oxygen atoms in total. The number of aliphatic hydroxyl groups excluding tert-OH is 1. The van der Waals surface area contributed by atoms with E-state index in [1.807, 2.05) is 34.0 Å². The van der Waals surface area contributed by atoms with Crippen LogP contribution in [-0.4, -0.2) is 30.1 Å². The molecule has 1 aromatic carbocycles. The summed E-state index contributed by atoms with van der Waals surface area (Å²) in [6.07, 6.45) is 11.6. The molecule has 410 valence electrons. The number of esters is 1. The molecule has 7 rings (SSSR count). The lowest BCUT2D eigenvalue weighted by Crippen LogP contribution is -2.39. The third kappa shape index (κ3) is 12.7. The zero-order chi connectivity index (χ0) is 54.8. The molecule has 11 heteroatoms. The molecule has 75 heavy (non-hydrogen) atoms. The maximum atomic E-state index is 14.4. The highest BCUT2D eigenvalue weighted by molar-refractivity contribution is 7.29. The number of thiophene rings is 6. The molecular weight excluding hydrogens is 1040 g/mol. The van der Waals surface area contributed by atoms with Gasteiger partial charge in [0.2, 0.25) is 0 Å². The number of unbranched alkanes of at least 4 members (excludes halogenated alkanes) is 3. The molecule has 0 aliphatic carbocycles. The molecule has 0 spiro atoms. The summed E-state index contributed by atoms with van der Waals surface area (Å²) in [5.74, 6) is 0.823. The summed E-state index contributed by atoms with van der Waals surface area (Å²) < 4.78 is 15.9. The van der Waals surface area contributed by atoms with Gasteiger partial charge >= 0.3 is 5.97 Å². The normalized spacial score (nSPS) is 14.6. The molecule has 1 N–H and O–H groups in total. The number of rotatable bonds is 26. The topological polar surface area (TPSA) is 72.8 Å². The SMILES string of the molecule is CCCCC(CC)COC(=O)c1cc2c(-c3ccc(C(C)(C)C(C)(C)c4sc(-c5ccc(C(C)(C)C)s5)c5cc(C(=O)C(CC)CCCC)sc45)s3)c3sc(C(O)OCC(CC)CCCC)cc3c(C(C)(C)C)c2s1. The lowest BCUT2D eigenvalue weighted by Gasteiger charge is -2.41. The summed E-state index contributed by atoms with van der Waals surface area (Å²) in [6, 6.07) is 15.7. The summed E-state index contributed by atoms with van der Waals surface area (Å²) in [6.45, 7) is 37.4. The van der Waals surface area contributed by atoms with Gasteiger partial charge in [-0.15, -0.1) is 68.0 Å². The molecule has 0 radical (unpaired) electrons. The third-order valence-corrected chi connectivity index (χ3v) is 24.5. The Morgan fingerprint density at radius 3 is 1.75 bits per heavy atom. The molecule has 6 aromatic heterocycles. The van der Waals surface area contributed by atoms with E-state index >= 15 is 0 Å². The van der Waals surface area contributed by atoms with Crippen LogP contribution in [0.4, 0.5) is 0 Å². The molecule has 4 unspecified atom stereocenters. The molecule has 0 saturated heterocycles. The maximum Gasteiger partial charge on any atom is 0.348 e. The van der Waals surface area contributed by atoms with Gasteiger partial charge in [0, 0.05) is 66.9 Å². The number of hydrogen-bond donors (Lipinski definition) is 1. The van der Waals surface area contributed by atoms with E-state index in [1.165, 1.54) is 40.0 Å². The number of hydrogen-bond acceptors (Lipinski definition) is 11. The summed E-state index contributed by atoms with van der Waals surface area (Å²) >= 11 is 10.5. The van der Waals surface area contributed by atoms with Crippen LogP contribution in [0.2, 0.25) is 0 Å². The number of carbonyl (C=O) groups is 2. The van der Waals surface area contributed by atoms with Crippen molar-refractivity contribution in [3.8, 4) is 20.2 Å². The number of benzene rings is 1. The fraction of sp³-hybridized carbons (Fsp3) is 0.594.